The van der Waals surface area contributed by atoms with E-state index in [1.807, 2.05) is 22.4 Å². The van der Waals surface area contributed by atoms with Gasteiger partial charge in [0.1, 0.15) is 5.75 Å². The van der Waals surface area contributed by atoms with Crippen molar-refractivity contribution in [1.82, 2.24) is 14.1 Å². The first kappa shape index (κ1) is 47.6. The molecule has 1 saturated heterocycles. The van der Waals surface area contributed by atoms with Crippen LogP contribution in [0.4, 0.5) is 0 Å². The van der Waals surface area contributed by atoms with Crippen LogP contribution in [0.25, 0.3) is 0 Å². The number of carbonyl (C=O) groups excluding carboxylic acids is 1. The van der Waals surface area contributed by atoms with Crippen LogP contribution in [0.15, 0.2) is 82.1 Å². The van der Waals surface area contributed by atoms with Gasteiger partial charge in [-0.25, -0.2) is 8.42 Å². The number of hydrogen-bond acceptors (Lipinski definition) is 13. The molecular weight excluding hydrogens is 883 g/mol. The number of nitrogens with zero attached hydrogens (tertiary/aromatic N) is 3. The maximum atomic E-state index is 15.3. The summed E-state index contributed by atoms with van der Waals surface area (Å²) in [6.45, 7) is 4.13. The number of allylic oxidation sites excluding steroid dienone is 1. The van der Waals surface area contributed by atoms with Crippen molar-refractivity contribution in [3.63, 3.8) is 0 Å². The summed E-state index contributed by atoms with van der Waals surface area (Å²) in [5.74, 6) is 3.78. The maximum Gasteiger partial charge on any atom is 0.289 e. The summed E-state index contributed by atoms with van der Waals surface area (Å²) in [7, 11) is 4.20. The smallest absolute Gasteiger partial charge is 0.289 e. The van der Waals surface area contributed by atoms with Crippen LogP contribution in [0.5, 0.6) is 28.7 Å². The zero-order chi connectivity index (χ0) is 46.5. The zero-order valence-electron chi connectivity index (χ0n) is 38.8. The number of hydrogen-bond donors (Lipinski definition) is 1. The van der Waals surface area contributed by atoms with Gasteiger partial charge in [-0.3, -0.25) is 9.69 Å². The second-order valence-corrected chi connectivity index (χ2v) is 20.1. The van der Waals surface area contributed by atoms with Crippen LogP contribution < -0.4 is 23.7 Å². The van der Waals surface area contributed by atoms with Crippen LogP contribution in [-0.2, 0) is 37.1 Å². The molecule has 0 saturated carbocycles. The third-order valence-corrected chi connectivity index (χ3v) is 16.6. The number of rotatable bonds is 18. The number of fused-ring (bicyclic) bond motifs is 4. The number of benzene rings is 3. The lowest BCUT2D eigenvalue weighted by Crippen LogP contribution is -2.48. The van der Waals surface area contributed by atoms with Gasteiger partial charge in [0.2, 0.25) is 16.3 Å². The highest BCUT2D eigenvalue weighted by molar-refractivity contribution is 7.89. The minimum absolute atomic E-state index is 0.0285. The number of piperidine rings is 1. The van der Waals surface area contributed by atoms with Crippen molar-refractivity contribution < 1.29 is 51.5 Å². The van der Waals surface area contributed by atoms with Crippen LogP contribution >= 0.6 is 11.3 Å². The van der Waals surface area contributed by atoms with E-state index in [0.717, 1.165) is 67.0 Å². The zero-order valence-corrected chi connectivity index (χ0v) is 40.4. The van der Waals surface area contributed by atoms with E-state index in [1.54, 1.807) is 51.9 Å². The molecule has 4 aliphatic rings. The van der Waals surface area contributed by atoms with E-state index in [9.17, 15) is 13.5 Å². The highest BCUT2D eigenvalue weighted by Gasteiger charge is 2.43. The molecule has 356 valence electrons. The molecule has 1 amide bonds. The fourth-order valence-corrected chi connectivity index (χ4v) is 12.6. The van der Waals surface area contributed by atoms with Gasteiger partial charge in [-0.2, -0.15) is 15.6 Å². The van der Waals surface area contributed by atoms with Gasteiger partial charge in [0, 0.05) is 51.1 Å². The van der Waals surface area contributed by atoms with Gasteiger partial charge in [-0.05, 0) is 137 Å². The highest BCUT2D eigenvalue weighted by Crippen LogP contribution is 2.50. The minimum Gasteiger partial charge on any atom is -0.497 e. The van der Waals surface area contributed by atoms with Crippen molar-refractivity contribution in [2.24, 2.45) is 11.8 Å². The number of carbonyl (C=O) groups is 1. The molecular formula is C50H63N3O11S2. The van der Waals surface area contributed by atoms with Gasteiger partial charge in [0.25, 0.3) is 5.91 Å². The normalized spacial score (nSPS) is 22.9. The van der Waals surface area contributed by atoms with Gasteiger partial charge < -0.3 is 43.2 Å². The second-order valence-electron chi connectivity index (χ2n) is 17.4. The number of aliphatic hydroxyl groups excluding tert-OH is 1. The summed E-state index contributed by atoms with van der Waals surface area (Å²) in [5, 5.41) is 14.0. The molecule has 0 spiro atoms. The molecule has 16 heteroatoms. The van der Waals surface area contributed by atoms with Crippen molar-refractivity contribution >= 4 is 27.3 Å². The third-order valence-electron chi connectivity index (χ3n) is 14.0. The molecule has 0 bridgehead atoms. The van der Waals surface area contributed by atoms with Crippen LogP contribution in [0.2, 0.25) is 0 Å². The number of ether oxygens (including phenoxy) is 7. The molecule has 66 heavy (non-hydrogen) atoms. The molecule has 0 aliphatic carbocycles. The Morgan fingerprint density at radius 3 is 2.14 bits per heavy atom. The number of thiophene rings is 1. The van der Waals surface area contributed by atoms with Crippen molar-refractivity contribution in [1.29, 1.82) is 0 Å². The standard InChI is InChI=1S/C50H63N3O11S2/c1-7-32-30-51-15-12-33-24-44(59-3)46(61-5)28-40(33)42(51)22-36(32)23-43-41-29-47(62-6)45(60-4)25-34(41)13-16-53(43)50(55)48-26-37(35-14-21-65-31-35)27-49(64-48)63-20-18-52(17-19-54)66(56,57)39-10-8-38(58-2)9-11-39/h8-11,14,21,24-26,28-29,31-32,36-37,42-43,49,54H,7,12-13,15-20,22-23,27,30H2,1-6H3/t32-,36+,37+,42-,43+,49-/m0/s1. The molecule has 8 rings (SSSR count). The summed E-state index contributed by atoms with van der Waals surface area (Å²) in [6.07, 6.45) is 5.76. The van der Waals surface area contributed by atoms with Crippen molar-refractivity contribution in [3.8, 4) is 28.7 Å². The fourth-order valence-electron chi connectivity index (χ4n) is 10.5. The SMILES string of the molecule is CC[C@H]1CN2CCc3cc(OC)c(OC)cc3[C@@H]2C[C@@H]1C[C@@H]1c2cc(OC)c(OC)cc2CCN1C(=O)C1=C[C@@H](c2ccsc2)C[C@@H](OCCN(CCO)S(=O)(=O)c2ccc(OC)cc2)O1. The van der Waals surface area contributed by atoms with Gasteiger partial charge >= 0.3 is 0 Å². The minimum atomic E-state index is -3.97. The Balaban J connectivity index is 1.08. The monoisotopic (exact) mass is 945 g/mol. The average molecular weight is 946 g/mol. The molecule has 6 atom stereocenters. The lowest BCUT2D eigenvalue weighted by atomic mass is 9.72. The summed E-state index contributed by atoms with van der Waals surface area (Å²) >= 11 is 1.58. The lowest BCUT2D eigenvalue weighted by Gasteiger charge is -2.49. The summed E-state index contributed by atoms with van der Waals surface area (Å²) in [6, 6.07) is 16.5. The Labute approximate surface area is 393 Å². The number of methoxy groups -OCH3 is 5. The predicted molar refractivity (Wildman–Crippen MR) is 251 cm³/mol. The van der Waals surface area contributed by atoms with E-state index in [1.165, 1.54) is 34.7 Å². The van der Waals surface area contributed by atoms with E-state index >= 15 is 4.79 Å². The average Bonchev–Trinajstić information content (AvgIpc) is 3.90. The largest absolute Gasteiger partial charge is 0.497 e. The summed E-state index contributed by atoms with van der Waals surface area (Å²) in [5.41, 5.74) is 5.78. The topological polar surface area (TPSA) is 146 Å². The Morgan fingerprint density at radius 1 is 0.833 bits per heavy atom. The Morgan fingerprint density at radius 2 is 1.50 bits per heavy atom. The Bertz CT molecular complexity index is 2450. The van der Waals surface area contributed by atoms with E-state index in [2.05, 4.69) is 41.5 Å². The Kier molecular flexibility index (Phi) is 15.2. The van der Waals surface area contributed by atoms with E-state index < -0.39 is 16.3 Å². The number of sulfonamides is 1. The Hall–Kier alpha value is -4.84. The molecule has 4 aromatic rings. The molecule has 5 heterocycles. The van der Waals surface area contributed by atoms with Gasteiger partial charge in [0.05, 0.1) is 59.7 Å². The van der Waals surface area contributed by atoms with Gasteiger partial charge in [-0.1, -0.05) is 13.3 Å². The molecule has 0 unspecified atom stereocenters. The second kappa shape index (κ2) is 21.0. The first-order valence-corrected chi connectivity index (χ1v) is 25.2. The molecule has 4 aliphatic heterocycles. The number of amides is 1. The summed E-state index contributed by atoms with van der Waals surface area (Å²) < 4.78 is 69.7. The maximum absolute atomic E-state index is 15.3. The van der Waals surface area contributed by atoms with E-state index in [-0.39, 0.29) is 66.8 Å². The van der Waals surface area contributed by atoms with Gasteiger partial charge in [-0.15, -0.1) is 0 Å². The first-order chi connectivity index (χ1) is 32.0. The molecule has 1 fully saturated rings. The van der Waals surface area contributed by atoms with Crippen LogP contribution in [0.3, 0.4) is 0 Å². The predicted octanol–water partition coefficient (Wildman–Crippen LogP) is 7.37. The lowest BCUT2D eigenvalue weighted by molar-refractivity contribution is -0.155. The first-order valence-electron chi connectivity index (χ1n) is 22.9. The molecule has 1 aromatic heterocycles. The fraction of sp³-hybridized carbons (Fsp3) is 0.500. The van der Waals surface area contributed by atoms with Crippen molar-refractivity contribution in [2.45, 2.75) is 74.6 Å². The third kappa shape index (κ3) is 9.76. The van der Waals surface area contributed by atoms with E-state index in [4.69, 9.17) is 33.2 Å². The van der Waals surface area contributed by atoms with E-state index in [0.29, 0.717) is 42.6 Å². The van der Waals surface area contributed by atoms with Crippen molar-refractivity contribution in [3.05, 3.63) is 105 Å². The molecule has 1 N–H and O–H groups in total. The molecule has 3 aromatic carbocycles. The number of aliphatic hydroxyl groups is 1. The van der Waals surface area contributed by atoms with Crippen LogP contribution in [0.1, 0.15) is 78.4 Å². The van der Waals surface area contributed by atoms with Gasteiger partial charge in [0.15, 0.2) is 28.8 Å². The summed E-state index contributed by atoms with van der Waals surface area (Å²) in [4.78, 5) is 20.0. The van der Waals surface area contributed by atoms with Crippen molar-refractivity contribution in [2.75, 3.05) is 81.5 Å². The molecule has 14 nitrogen and oxygen atoms in total. The highest BCUT2D eigenvalue weighted by atomic mass is 32.2. The van der Waals surface area contributed by atoms with Crippen LogP contribution in [0, 0.1) is 11.8 Å². The van der Waals surface area contributed by atoms with Crippen LogP contribution in [-0.4, -0.2) is 121 Å². The molecule has 0 radical (unpaired) electrons. The quantitative estimate of drug-likeness (QED) is 0.106.